The number of hydrogen-bond donors (Lipinski definition) is 2. The fourth-order valence-electron chi connectivity index (χ4n) is 5.35. The number of nitrogens with two attached hydrogens (primary N) is 1. The summed E-state index contributed by atoms with van der Waals surface area (Å²) in [7, 11) is -4.29. The van der Waals surface area contributed by atoms with Crippen molar-refractivity contribution < 1.29 is 32.8 Å². The van der Waals surface area contributed by atoms with Crippen LogP contribution in [0.25, 0.3) is 0 Å². The molecule has 0 aromatic carbocycles. The van der Waals surface area contributed by atoms with E-state index in [2.05, 4.69) is 86.8 Å². The summed E-state index contributed by atoms with van der Waals surface area (Å²) in [6, 6.07) is 0. The lowest BCUT2D eigenvalue weighted by Crippen LogP contribution is -2.28. The minimum atomic E-state index is -4.29. The number of carbonyl (C=O) groups excluding carboxylic acids is 1. The van der Waals surface area contributed by atoms with Crippen molar-refractivity contribution in [1.82, 2.24) is 0 Å². The molecule has 0 aromatic heterocycles. The van der Waals surface area contributed by atoms with E-state index < -0.39 is 13.9 Å². The van der Waals surface area contributed by atoms with Crippen LogP contribution in [-0.2, 0) is 27.9 Å². The quantitative estimate of drug-likeness (QED) is 0.0275. The van der Waals surface area contributed by atoms with Gasteiger partial charge in [0.2, 0.25) is 0 Å². The maximum atomic E-state index is 12.5. The lowest BCUT2D eigenvalue weighted by atomic mass is 10.0. The van der Waals surface area contributed by atoms with Gasteiger partial charge in [-0.15, -0.1) is 0 Å². The molecule has 2 unspecified atom stereocenters. The summed E-state index contributed by atoms with van der Waals surface area (Å²) in [4.78, 5) is 22.4. The van der Waals surface area contributed by atoms with Crippen LogP contribution in [0.4, 0.5) is 0 Å². The Hall–Kier alpha value is -2.06. The van der Waals surface area contributed by atoms with E-state index in [1.807, 2.05) is 0 Å². The molecule has 3 N–H and O–H groups in total. The highest BCUT2D eigenvalue weighted by Crippen LogP contribution is 2.43. The largest absolute Gasteiger partial charge is 0.472 e. The van der Waals surface area contributed by atoms with Crippen molar-refractivity contribution in [1.29, 1.82) is 0 Å². The van der Waals surface area contributed by atoms with Gasteiger partial charge in [0, 0.05) is 19.6 Å². The predicted octanol–water partition coefficient (Wildman–Crippen LogP) is 12.4. The zero-order chi connectivity index (χ0) is 38.8. The van der Waals surface area contributed by atoms with E-state index >= 15 is 0 Å². The Labute approximate surface area is 325 Å². The molecule has 0 saturated carbocycles. The van der Waals surface area contributed by atoms with Crippen LogP contribution in [0.5, 0.6) is 0 Å². The molecule has 8 nitrogen and oxygen atoms in total. The third-order valence-electron chi connectivity index (χ3n) is 8.39. The van der Waals surface area contributed by atoms with Crippen molar-refractivity contribution in [3.05, 3.63) is 72.9 Å². The summed E-state index contributed by atoms with van der Waals surface area (Å²) in [6.07, 6.45) is 50.6. The molecule has 53 heavy (non-hydrogen) atoms. The number of phosphoric ester groups is 1. The SMILES string of the molecule is CC/C=C\C/C=C\C/C=C\C/C=C\C/C=C\C/C=C\CCCCCOCC(COP(=O)(O)OCCN)OC(=O)CCCCCCCCCCCCCC. The average Bonchev–Trinajstić information content (AvgIpc) is 3.15. The second-order valence-electron chi connectivity index (χ2n) is 13.5. The third-order valence-corrected chi connectivity index (χ3v) is 9.37. The van der Waals surface area contributed by atoms with Crippen molar-refractivity contribution in [2.45, 2.75) is 168 Å². The summed E-state index contributed by atoms with van der Waals surface area (Å²) >= 11 is 0. The topological polar surface area (TPSA) is 117 Å². The Morgan fingerprint density at radius 1 is 0.585 bits per heavy atom. The summed E-state index contributed by atoms with van der Waals surface area (Å²) in [5.41, 5.74) is 5.36. The molecule has 0 fully saturated rings. The van der Waals surface area contributed by atoms with Crippen LogP contribution in [0.3, 0.4) is 0 Å². The lowest BCUT2D eigenvalue weighted by Gasteiger charge is -2.20. The van der Waals surface area contributed by atoms with E-state index in [4.69, 9.17) is 24.3 Å². The summed E-state index contributed by atoms with van der Waals surface area (Å²) in [5.74, 6) is -0.346. The van der Waals surface area contributed by atoms with E-state index in [9.17, 15) is 14.3 Å². The molecule has 0 heterocycles. The molecule has 9 heteroatoms. The van der Waals surface area contributed by atoms with E-state index in [1.165, 1.54) is 57.8 Å². The molecule has 0 bridgehead atoms. The lowest BCUT2D eigenvalue weighted by molar-refractivity contribution is -0.154. The zero-order valence-electron chi connectivity index (χ0n) is 33.7. The molecule has 2 atom stereocenters. The Kier molecular flexibility index (Phi) is 39.5. The third kappa shape index (κ3) is 41.0. The first kappa shape index (κ1) is 50.9. The van der Waals surface area contributed by atoms with Gasteiger partial charge >= 0.3 is 13.8 Å². The summed E-state index contributed by atoms with van der Waals surface area (Å²) in [6.45, 7) is 4.70. The van der Waals surface area contributed by atoms with E-state index in [0.717, 1.165) is 83.5 Å². The number of esters is 1. The van der Waals surface area contributed by atoms with Crippen LogP contribution in [0.2, 0.25) is 0 Å². The molecule has 0 spiro atoms. The van der Waals surface area contributed by atoms with E-state index in [0.29, 0.717) is 13.0 Å². The first-order valence-corrected chi connectivity index (χ1v) is 22.4. The molecule has 0 saturated heterocycles. The molecule has 306 valence electrons. The van der Waals surface area contributed by atoms with Crippen molar-refractivity contribution >= 4 is 13.8 Å². The summed E-state index contributed by atoms with van der Waals surface area (Å²) < 4.78 is 33.3. The maximum absolute atomic E-state index is 12.5. The van der Waals surface area contributed by atoms with Gasteiger partial charge in [0.15, 0.2) is 0 Å². The minimum Gasteiger partial charge on any atom is -0.457 e. The Morgan fingerprint density at radius 3 is 1.57 bits per heavy atom. The number of unbranched alkanes of at least 4 members (excludes halogenated alkanes) is 14. The van der Waals surface area contributed by atoms with Crippen LogP contribution in [0, 0.1) is 0 Å². The fourth-order valence-corrected chi connectivity index (χ4v) is 6.12. The van der Waals surface area contributed by atoms with Crippen molar-refractivity contribution in [3.63, 3.8) is 0 Å². The van der Waals surface area contributed by atoms with Gasteiger partial charge in [0.05, 0.1) is 19.8 Å². The van der Waals surface area contributed by atoms with Gasteiger partial charge in [-0.3, -0.25) is 13.8 Å². The van der Waals surface area contributed by atoms with Crippen molar-refractivity contribution in [2.24, 2.45) is 5.73 Å². The highest BCUT2D eigenvalue weighted by molar-refractivity contribution is 7.47. The van der Waals surface area contributed by atoms with Gasteiger partial charge < -0.3 is 20.1 Å². The Morgan fingerprint density at radius 2 is 1.06 bits per heavy atom. The van der Waals surface area contributed by atoms with Crippen molar-refractivity contribution in [2.75, 3.05) is 33.0 Å². The smallest absolute Gasteiger partial charge is 0.457 e. The predicted molar refractivity (Wildman–Crippen MR) is 224 cm³/mol. The van der Waals surface area contributed by atoms with Gasteiger partial charge in [0.25, 0.3) is 0 Å². The van der Waals surface area contributed by atoms with Gasteiger partial charge in [-0.05, 0) is 64.2 Å². The standard InChI is InChI=1S/C44H78NO7P/c1-3-5-7-9-11-13-15-17-18-19-20-21-22-23-24-25-26-28-30-32-34-36-39-49-41-43(42-51-53(47,48)50-40-38-45)52-44(46)37-35-33-31-29-27-16-14-12-10-8-6-4-2/h5,7,11,13,17-18,20-21,23-24,26,28,43H,3-4,6,8-10,12,14-16,19,22,25,27,29-42,45H2,1-2H3,(H,47,48)/b7-5-,13-11-,18-17-,21-20-,24-23-,28-26-. The van der Waals surface area contributed by atoms with Crippen LogP contribution in [0.15, 0.2) is 72.9 Å². The van der Waals surface area contributed by atoms with Gasteiger partial charge in [-0.25, -0.2) is 4.57 Å². The molecule has 0 aliphatic heterocycles. The van der Waals surface area contributed by atoms with E-state index in [1.54, 1.807) is 0 Å². The molecular formula is C44H78NO7P. The van der Waals surface area contributed by atoms with Gasteiger partial charge in [-0.1, -0.05) is 164 Å². The number of ether oxygens (including phenoxy) is 2. The molecular weight excluding hydrogens is 685 g/mol. The highest BCUT2D eigenvalue weighted by Gasteiger charge is 2.25. The highest BCUT2D eigenvalue weighted by atomic mass is 31.2. The molecule has 0 radical (unpaired) electrons. The first-order chi connectivity index (χ1) is 25.9. The maximum Gasteiger partial charge on any atom is 0.472 e. The Balaban J connectivity index is 4.12. The molecule has 0 rings (SSSR count). The number of carbonyl (C=O) groups is 1. The molecule has 0 amide bonds. The van der Waals surface area contributed by atoms with Crippen LogP contribution < -0.4 is 5.73 Å². The van der Waals surface area contributed by atoms with Crippen molar-refractivity contribution in [3.8, 4) is 0 Å². The molecule has 0 aliphatic rings. The van der Waals surface area contributed by atoms with Gasteiger partial charge in [-0.2, -0.15) is 0 Å². The van der Waals surface area contributed by atoms with Crippen LogP contribution in [-0.4, -0.2) is 49.9 Å². The van der Waals surface area contributed by atoms with Gasteiger partial charge in [0.1, 0.15) is 6.10 Å². The summed E-state index contributed by atoms with van der Waals surface area (Å²) in [5, 5.41) is 0. The fraction of sp³-hybridized carbons (Fsp3) is 0.705. The Bertz CT molecular complexity index is 1040. The minimum absolute atomic E-state index is 0.0915. The molecule has 0 aliphatic carbocycles. The number of hydrogen-bond acceptors (Lipinski definition) is 7. The first-order valence-electron chi connectivity index (χ1n) is 20.9. The number of rotatable bonds is 39. The molecule has 0 aromatic rings. The number of phosphoric acid groups is 1. The monoisotopic (exact) mass is 764 g/mol. The van der Waals surface area contributed by atoms with Crippen LogP contribution in [0.1, 0.15) is 162 Å². The average molecular weight is 764 g/mol. The second-order valence-corrected chi connectivity index (χ2v) is 14.9. The van der Waals surface area contributed by atoms with E-state index in [-0.39, 0.29) is 32.3 Å². The zero-order valence-corrected chi connectivity index (χ0v) is 34.6. The second kappa shape index (κ2) is 41.1. The normalized spacial score (nSPS) is 14.3. The number of allylic oxidation sites excluding steroid dienone is 12. The van der Waals surface area contributed by atoms with Crippen LogP contribution >= 0.6 is 7.82 Å².